The molecule has 0 aliphatic carbocycles. The van der Waals surface area contributed by atoms with Crippen molar-refractivity contribution in [1.29, 1.82) is 0 Å². The summed E-state index contributed by atoms with van der Waals surface area (Å²) in [4.78, 5) is 4.58. The van der Waals surface area contributed by atoms with Crippen LogP contribution in [0.2, 0.25) is 5.02 Å². The molecule has 0 saturated heterocycles. The molecular weight excluding hydrogens is 332 g/mol. The van der Waals surface area contributed by atoms with Crippen molar-refractivity contribution in [2.75, 3.05) is 18.1 Å². The first-order chi connectivity index (χ1) is 12.0. The van der Waals surface area contributed by atoms with Crippen molar-refractivity contribution in [3.63, 3.8) is 0 Å². The quantitative estimate of drug-likeness (QED) is 0.621. The fourth-order valence-corrected chi connectivity index (χ4v) is 3.12. The van der Waals surface area contributed by atoms with Gasteiger partial charge in [-0.1, -0.05) is 44.0 Å². The van der Waals surface area contributed by atoms with Crippen LogP contribution < -0.4 is 10.3 Å². The Hall–Kier alpha value is -1.52. The summed E-state index contributed by atoms with van der Waals surface area (Å²) < 4.78 is 2.13. The van der Waals surface area contributed by atoms with E-state index in [4.69, 9.17) is 11.6 Å². The monoisotopic (exact) mass is 362 g/mol. The van der Waals surface area contributed by atoms with Crippen LogP contribution >= 0.6 is 11.6 Å². The second-order valence-corrected chi connectivity index (χ2v) is 7.40. The fourth-order valence-electron chi connectivity index (χ4n) is 3.00. The highest BCUT2D eigenvalue weighted by atomic mass is 35.5. The maximum Gasteiger partial charge on any atom is 0.115 e. The van der Waals surface area contributed by atoms with Crippen molar-refractivity contribution < 1.29 is 0 Å². The summed E-state index contributed by atoms with van der Waals surface area (Å²) in [6.45, 7) is 11.7. The van der Waals surface area contributed by atoms with Gasteiger partial charge >= 0.3 is 0 Å². The Morgan fingerprint density at radius 2 is 1.88 bits per heavy atom. The molecule has 1 heterocycles. The first kappa shape index (κ1) is 19.8. The van der Waals surface area contributed by atoms with Gasteiger partial charge in [-0.25, -0.2) is 4.98 Å². The molecule has 1 aromatic heterocycles. The summed E-state index contributed by atoms with van der Waals surface area (Å²) in [5.74, 6) is 0. The highest BCUT2D eigenvalue weighted by Gasteiger charge is 2.29. The molecule has 1 aromatic carbocycles. The van der Waals surface area contributed by atoms with E-state index in [0.29, 0.717) is 0 Å². The van der Waals surface area contributed by atoms with Crippen molar-refractivity contribution >= 4 is 11.6 Å². The van der Waals surface area contributed by atoms with Crippen molar-refractivity contribution in [2.24, 2.45) is 0 Å². The molecule has 138 valence electrons. The van der Waals surface area contributed by atoms with Crippen LogP contribution in [0.3, 0.4) is 0 Å². The minimum Gasteiger partial charge on any atom is -0.311 e. The van der Waals surface area contributed by atoms with Crippen LogP contribution in [0.15, 0.2) is 36.8 Å². The molecule has 0 atom stereocenters. The maximum atomic E-state index is 6.06. The summed E-state index contributed by atoms with van der Waals surface area (Å²) in [7, 11) is 0. The largest absolute Gasteiger partial charge is 0.311 e. The molecule has 0 amide bonds. The lowest BCUT2D eigenvalue weighted by atomic mass is 9.93. The number of hydrogen-bond donors (Lipinski definition) is 1. The highest BCUT2D eigenvalue weighted by Crippen LogP contribution is 2.28. The van der Waals surface area contributed by atoms with Crippen molar-refractivity contribution in [1.82, 2.24) is 15.0 Å². The number of imidazole rings is 1. The van der Waals surface area contributed by atoms with E-state index in [1.54, 1.807) is 0 Å². The standard InChI is InChI=1S/C20H31ClN4/c1-5-7-12-22-14-19-15-24(16-23-19)25(13-6-2)20(3,4)17-8-10-18(21)11-9-17/h8-11,15-16,22H,5-7,12-14H2,1-4H3. The molecule has 0 unspecified atom stereocenters. The highest BCUT2D eigenvalue weighted by molar-refractivity contribution is 6.30. The molecule has 25 heavy (non-hydrogen) atoms. The minimum atomic E-state index is -0.159. The molecule has 0 radical (unpaired) electrons. The lowest BCUT2D eigenvalue weighted by Gasteiger charge is -2.41. The zero-order chi connectivity index (χ0) is 18.3. The summed E-state index contributed by atoms with van der Waals surface area (Å²) in [5, 5.41) is 6.58. The molecule has 0 fully saturated rings. The van der Waals surface area contributed by atoms with E-state index >= 15 is 0 Å². The van der Waals surface area contributed by atoms with E-state index in [2.05, 4.69) is 66.0 Å². The van der Waals surface area contributed by atoms with E-state index < -0.39 is 0 Å². The lowest BCUT2D eigenvalue weighted by Crippen LogP contribution is -2.49. The van der Waals surface area contributed by atoms with Crippen molar-refractivity contribution in [2.45, 2.75) is 59.0 Å². The van der Waals surface area contributed by atoms with Crippen molar-refractivity contribution in [3.05, 3.63) is 53.1 Å². The summed E-state index contributed by atoms with van der Waals surface area (Å²) in [6.07, 6.45) is 7.53. The number of aromatic nitrogens is 2. The Morgan fingerprint density at radius 3 is 2.52 bits per heavy atom. The van der Waals surface area contributed by atoms with Gasteiger partial charge in [0.25, 0.3) is 0 Å². The van der Waals surface area contributed by atoms with E-state index in [-0.39, 0.29) is 5.54 Å². The van der Waals surface area contributed by atoms with Gasteiger partial charge in [0, 0.05) is 18.1 Å². The molecular formula is C20H31ClN4. The van der Waals surface area contributed by atoms with Gasteiger partial charge in [0.1, 0.15) is 6.33 Å². The molecule has 2 rings (SSSR count). The van der Waals surface area contributed by atoms with Gasteiger partial charge in [-0.2, -0.15) is 0 Å². The molecule has 0 aliphatic heterocycles. The first-order valence-electron chi connectivity index (χ1n) is 9.26. The number of halogens is 1. The third kappa shape index (κ3) is 5.23. The first-order valence-corrected chi connectivity index (χ1v) is 9.64. The van der Waals surface area contributed by atoms with Crippen LogP contribution in [0, 0.1) is 0 Å². The SMILES string of the molecule is CCCCNCc1cn(N(CCC)C(C)(C)c2ccc(Cl)cc2)cn1. The second kappa shape index (κ2) is 9.25. The summed E-state index contributed by atoms with van der Waals surface area (Å²) >= 11 is 6.06. The number of nitrogens with zero attached hydrogens (tertiary/aromatic N) is 3. The van der Waals surface area contributed by atoms with Gasteiger partial charge in [-0.3, -0.25) is 4.68 Å². The molecule has 0 spiro atoms. The van der Waals surface area contributed by atoms with Gasteiger partial charge in [0.05, 0.1) is 17.4 Å². The fraction of sp³-hybridized carbons (Fsp3) is 0.550. The van der Waals surface area contributed by atoms with Crippen LogP contribution in [0.25, 0.3) is 0 Å². The van der Waals surface area contributed by atoms with E-state index in [9.17, 15) is 0 Å². The maximum absolute atomic E-state index is 6.06. The van der Waals surface area contributed by atoms with Gasteiger partial charge in [-0.15, -0.1) is 0 Å². The Bertz CT molecular complexity index is 633. The molecule has 0 aliphatic rings. The summed E-state index contributed by atoms with van der Waals surface area (Å²) in [5.41, 5.74) is 2.15. The van der Waals surface area contributed by atoms with E-state index in [1.807, 2.05) is 18.5 Å². The number of benzene rings is 1. The molecule has 2 aromatic rings. The molecule has 1 N–H and O–H groups in total. The van der Waals surface area contributed by atoms with E-state index in [0.717, 1.165) is 36.8 Å². The zero-order valence-corrected chi connectivity index (χ0v) is 16.7. The predicted octanol–water partition coefficient (Wildman–Crippen LogP) is 4.71. The Morgan fingerprint density at radius 1 is 1.16 bits per heavy atom. The van der Waals surface area contributed by atoms with Crippen LogP contribution in [-0.2, 0) is 12.1 Å². The second-order valence-electron chi connectivity index (χ2n) is 6.96. The number of rotatable bonds is 10. The lowest BCUT2D eigenvalue weighted by molar-refractivity contribution is 0.377. The molecule has 5 heteroatoms. The number of hydrogen-bond acceptors (Lipinski definition) is 3. The molecule has 4 nitrogen and oxygen atoms in total. The average Bonchev–Trinajstić information content (AvgIpc) is 3.05. The van der Waals surface area contributed by atoms with Crippen LogP contribution in [0.5, 0.6) is 0 Å². The third-order valence-electron chi connectivity index (χ3n) is 4.55. The van der Waals surface area contributed by atoms with Crippen LogP contribution in [-0.4, -0.2) is 22.7 Å². The normalized spacial score (nSPS) is 11.7. The van der Waals surface area contributed by atoms with Crippen LogP contribution in [0.1, 0.15) is 58.2 Å². The minimum absolute atomic E-state index is 0.159. The smallest absolute Gasteiger partial charge is 0.115 e. The van der Waals surface area contributed by atoms with Gasteiger partial charge in [0.2, 0.25) is 0 Å². The zero-order valence-electron chi connectivity index (χ0n) is 15.9. The average molecular weight is 363 g/mol. The molecule has 0 saturated carbocycles. The third-order valence-corrected chi connectivity index (χ3v) is 4.80. The predicted molar refractivity (Wildman–Crippen MR) is 107 cm³/mol. The molecule has 0 bridgehead atoms. The Labute approximate surface area is 157 Å². The van der Waals surface area contributed by atoms with E-state index in [1.165, 1.54) is 18.4 Å². The Balaban J connectivity index is 2.16. The topological polar surface area (TPSA) is 33.1 Å². The Kier molecular flexibility index (Phi) is 7.33. The van der Waals surface area contributed by atoms with Crippen LogP contribution in [0.4, 0.5) is 0 Å². The summed E-state index contributed by atoms with van der Waals surface area (Å²) in [6, 6.07) is 8.13. The number of nitrogens with one attached hydrogen (secondary N) is 1. The van der Waals surface area contributed by atoms with Gasteiger partial charge in [0.15, 0.2) is 0 Å². The van der Waals surface area contributed by atoms with Gasteiger partial charge < -0.3 is 10.3 Å². The van der Waals surface area contributed by atoms with Gasteiger partial charge in [-0.05, 0) is 50.9 Å². The van der Waals surface area contributed by atoms with Crippen molar-refractivity contribution in [3.8, 4) is 0 Å². The number of unbranched alkanes of at least 4 members (excludes halogenated alkanes) is 1.